The lowest BCUT2D eigenvalue weighted by Gasteiger charge is -2.19. The van der Waals surface area contributed by atoms with Crippen molar-refractivity contribution in [3.63, 3.8) is 0 Å². The number of para-hydroxylation sites is 1. The Morgan fingerprint density at radius 1 is 1.23 bits per heavy atom. The maximum Gasteiger partial charge on any atom is 0.329 e. The summed E-state index contributed by atoms with van der Waals surface area (Å²) in [5.74, 6) is -2.54. The third kappa shape index (κ3) is 6.71. The van der Waals surface area contributed by atoms with E-state index in [-0.39, 0.29) is 23.5 Å². The van der Waals surface area contributed by atoms with Crippen molar-refractivity contribution in [3.05, 3.63) is 29.8 Å². The molecule has 0 aliphatic rings. The minimum absolute atomic E-state index is 0.162. The van der Waals surface area contributed by atoms with Gasteiger partial charge in [0.05, 0.1) is 18.4 Å². The normalized spacial score (nSPS) is 13.3. The first kappa shape index (κ1) is 21.4. The summed E-state index contributed by atoms with van der Waals surface area (Å²) < 4.78 is 32.7. The van der Waals surface area contributed by atoms with Crippen molar-refractivity contribution in [2.45, 2.75) is 25.5 Å². The third-order valence-corrected chi connectivity index (χ3v) is 4.39. The molecule has 0 aromatic heterocycles. The Morgan fingerprint density at radius 2 is 1.85 bits per heavy atom. The average molecular weight is 386 g/mol. The van der Waals surface area contributed by atoms with Crippen LogP contribution in [0.4, 0.5) is 0 Å². The number of ether oxygens (including phenoxy) is 2. The van der Waals surface area contributed by atoms with E-state index in [1.807, 2.05) is 0 Å². The number of carbonyl (C=O) groups is 3. The number of hydrogen-bond donors (Lipinski definition) is 2. The number of esters is 1. The lowest BCUT2D eigenvalue weighted by molar-refractivity contribution is -0.155. The number of rotatable bonds is 9. The SMILES string of the molecule is COc1ccccc1C(=O)N[C@H](CCS(C)(=O)=O)C(=O)O[C@@H](C)C(N)=O. The highest BCUT2D eigenvalue weighted by atomic mass is 32.2. The van der Waals surface area contributed by atoms with E-state index in [1.54, 1.807) is 18.2 Å². The van der Waals surface area contributed by atoms with Crippen LogP contribution in [-0.2, 0) is 24.2 Å². The molecule has 0 spiro atoms. The zero-order valence-corrected chi connectivity index (χ0v) is 15.5. The smallest absolute Gasteiger partial charge is 0.329 e. The van der Waals surface area contributed by atoms with Crippen LogP contribution in [0.1, 0.15) is 23.7 Å². The molecule has 9 nitrogen and oxygen atoms in total. The Kier molecular flexibility index (Phi) is 7.56. The molecular formula is C16H22N2O7S. The lowest BCUT2D eigenvalue weighted by Crippen LogP contribution is -2.45. The number of benzene rings is 1. The van der Waals surface area contributed by atoms with Gasteiger partial charge < -0.3 is 20.5 Å². The summed E-state index contributed by atoms with van der Waals surface area (Å²) in [5.41, 5.74) is 5.20. The van der Waals surface area contributed by atoms with Crippen LogP contribution in [0.2, 0.25) is 0 Å². The van der Waals surface area contributed by atoms with Gasteiger partial charge >= 0.3 is 5.97 Å². The summed E-state index contributed by atoms with van der Waals surface area (Å²) in [6.07, 6.45) is -0.431. The van der Waals surface area contributed by atoms with E-state index < -0.39 is 39.8 Å². The maximum atomic E-state index is 12.4. The highest BCUT2D eigenvalue weighted by Crippen LogP contribution is 2.17. The van der Waals surface area contributed by atoms with Crippen molar-refractivity contribution in [3.8, 4) is 5.75 Å². The zero-order valence-electron chi connectivity index (χ0n) is 14.7. The zero-order chi connectivity index (χ0) is 19.9. The van der Waals surface area contributed by atoms with E-state index in [9.17, 15) is 22.8 Å². The van der Waals surface area contributed by atoms with Crippen LogP contribution in [0.5, 0.6) is 5.75 Å². The maximum absolute atomic E-state index is 12.4. The number of nitrogens with one attached hydrogen (secondary N) is 1. The minimum Gasteiger partial charge on any atom is -0.496 e. The largest absolute Gasteiger partial charge is 0.496 e. The molecule has 0 saturated carbocycles. The van der Waals surface area contributed by atoms with Gasteiger partial charge in [0.1, 0.15) is 21.6 Å². The van der Waals surface area contributed by atoms with Crippen molar-refractivity contribution < 1.29 is 32.3 Å². The third-order valence-electron chi connectivity index (χ3n) is 3.41. The molecule has 3 N–H and O–H groups in total. The van der Waals surface area contributed by atoms with Gasteiger partial charge in [-0.2, -0.15) is 0 Å². The fourth-order valence-electron chi connectivity index (χ4n) is 1.96. The fraction of sp³-hybridized carbons (Fsp3) is 0.438. The number of sulfone groups is 1. The average Bonchev–Trinajstić information content (AvgIpc) is 2.57. The van der Waals surface area contributed by atoms with E-state index >= 15 is 0 Å². The second-order valence-electron chi connectivity index (χ2n) is 5.63. The highest BCUT2D eigenvalue weighted by Gasteiger charge is 2.27. The Balaban J connectivity index is 2.98. The first-order valence-corrected chi connectivity index (χ1v) is 9.72. The van der Waals surface area contributed by atoms with Crippen molar-refractivity contribution in [2.24, 2.45) is 5.73 Å². The quantitative estimate of drug-likeness (QED) is 0.552. The van der Waals surface area contributed by atoms with Crippen molar-refractivity contribution in [1.82, 2.24) is 5.32 Å². The predicted octanol–water partition coefficient (Wildman–Crippen LogP) is -0.355. The first-order valence-electron chi connectivity index (χ1n) is 7.66. The molecule has 0 saturated heterocycles. The molecule has 0 unspecified atom stereocenters. The molecule has 1 aromatic rings. The van der Waals surface area contributed by atoms with E-state index in [1.165, 1.54) is 20.1 Å². The molecule has 10 heteroatoms. The number of carbonyl (C=O) groups excluding carboxylic acids is 3. The van der Waals surface area contributed by atoms with Gasteiger partial charge in [0.15, 0.2) is 6.10 Å². The van der Waals surface area contributed by atoms with Gasteiger partial charge in [0.2, 0.25) is 0 Å². The molecule has 0 fully saturated rings. The summed E-state index contributed by atoms with van der Waals surface area (Å²) in [7, 11) is -2.00. The number of nitrogens with two attached hydrogens (primary N) is 1. The molecule has 26 heavy (non-hydrogen) atoms. The van der Waals surface area contributed by atoms with Crippen molar-refractivity contribution in [1.29, 1.82) is 0 Å². The molecule has 1 aromatic carbocycles. The number of methoxy groups -OCH3 is 1. The van der Waals surface area contributed by atoms with E-state index in [2.05, 4.69) is 5.32 Å². The standard InChI is InChI=1S/C16H22N2O7S/c1-10(14(17)19)25-16(21)12(8-9-26(3,22)23)18-15(20)11-6-4-5-7-13(11)24-2/h4-7,10,12H,8-9H2,1-3H3,(H2,17,19)(H,18,20)/t10-,12+/m0/s1. The highest BCUT2D eigenvalue weighted by molar-refractivity contribution is 7.90. The topological polar surface area (TPSA) is 142 Å². The fourth-order valence-corrected chi connectivity index (χ4v) is 2.63. The summed E-state index contributed by atoms with van der Waals surface area (Å²) in [6, 6.07) is 5.05. The molecule has 0 heterocycles. The minimum atomic E-state index is -3.39. The number of amides is 2. The molecule has 0 aliphatic heterocycles. The van der Waals surface area contributed by atoms with Crippen molar-refractivity contribution in [2.75, 3.05) is 19.1 Å². The molecule has 0 aliphatic carbocycles. The van der Waals surface area contributed by atoms with E-state index in [0.717, 1.165) is 6.26 Å². The molecule has 2 atom stereocenters. The van der Waals surface area contributed by atoms with Crippen LogP contribution < -0.4 is 15.8 Å². The first-order chi connectivity index (χ1) is 12.0. The number of hydrogen-bond acceptors (Lipinski definition) is 7. The van der Waals surface area contributed by atoms with Crippen LogP contribution in [0.25, 0.3) is 0 Å². The Hall–Kier alpha value is -2.62. The van der Waals surface area contributed by atoms with Crippen LogP contribution in [0.3, 0.4) is 0 Å². The van der Waals surface area contributed by atoms with Crippen LogP contribution in [0, 0.1) is 0 Å². The summed E-state index contributed by atoms with van der Waals surface area (Å²) in [5, 5.41) is 2.41. The number of primary amides is 1. The van der Waals surface area contributed by atoms with Gasteiger partial charge in [-0.05, 0) is 25.5 Å². The molecular weight excluding hydrogens is 364 g/mol. The Labute approximate surface area is 151 Å². The molecule has 0 bridgehead atoms. The van der Waals surface area contributed by atoms with Gasteiger partial charge in [-0.1, -0.05) is 12.1 Å². The van der Waals surface area contributed by atoms with E-state index in [4.69, 9.17) is 15.2 Å². The van der Waals surface area contributed by atoms with E-state index in [0.29, 0.717) is 0 Å². The Morgan fingerprint density at radius 3 is 2.38 bits per heavy atom. The molecule has 144 valence electrons. The monoisotopic (exact) mass is 386 g/mol. The molecule has 2 amide bonds. The van der Waals surface area contributed by atoms with Gasteiger partial charge in [-0.25, -0.2) is 13.2 Å². The lowest BCUT2D eigenvalue weighted by atomic mass is 10.1. The second kappa shape index (κ2) is 9.18. The summed E-state index contributed by atoms with van der Waals surface area (Å²) in [6.45, 7) is 1.27. The second-order valence-corrected chi connectivity index (χ2v) is 7.89. The summed E-state index contributed by atoms with van der Waals surface area (Å²) >= 11 is 0. The van der Waals surface area contributed by atoms with Gasteiger partial charge in [0, 0.05) is 6.26 Å². The Bertz CT molecular complexity index is 777. The van der Waals surface area contributed by atoms with Gasteiger partial charge in [-0.15, -0.1) is 0 Å². The van der Waals surface area contributed by atoms with Crippen LogP contribution in [-0.4, -0.2) is 57.5 Å². The van der Waals surface area contributed by atoms with Crippen LogP contribution >= 0.6 is 0 Å². The van der Waals surface area contributed by atoms with Gasteiger partial charge in [-0.3, -0.25) is 9.59 Å². The van der Waals surface area contributed by atoms with Crippen LogP contribution in [0.15, 0.2) is 24.3 Å². The van der Waals surface area contributed by atoms with Crippen molar-refractivity contribution >= 4 is 27.6 Å². The predicted molar refractivity (Wildman–Crippen MR) is 93.3 cm³/mol. The molecule has 1 rings (SSSR count). The molecule has 0 radical (unpaired) electrons. The summed E-state index contributed by atoms with van der Waals surface area (Å²) in [4.78, 5) is 35.7. The van der Waals surface area contributed by atoms with Gasteiger partial charge in [0.25, 0.3) is 11.8 Å².